The summed E-state index contributed by atoms with van der Waals surface area (Å²) in [6, 6.07) is 9.60. The van der Waals surface area contributed by atoms with Crippen LogP contribution in [0.15, 0.2) is 29.3 Å². The smallest absolute Gasteiger partial charge is 0.0811 e. The summed E-state index contributed by atoms with van der Waals surface area (Å²) in [5.74, 6) is 0.600. The minimum Gasteiger partial charge on any atom is -0.379 e. The first-order chi connectivity index (χ1) is 9.28. The Hall–Kier alpha value is -1.35. The van der Waals surface area contributed by atoms with E-state index in [1.165, 1.54) is 11.3 Å². The predicted octanol–water partition coefficient (Wildman–Crippen LogP) is 2.68. The molecule has 2 aliphatic heterocycles. The molecule has 3 N–H and O–H groups in total. The Morgan fingerprint density at radius 3 is 2.84 bits per heavy atom. The minimum absolute atomic E-state index is 0.0950. The van der Waals surface area contributed by atoms with Gasteiger partial charge in [0.15, 0.2) is 0 Å². The molecule has 1 spiro atoms. The minimum atomic E-state index is 0.0950. The van der Waals surface area contributed by atoms with Gasteiger partial charge in [-0.3, -0.25) is 4.99 Å². The van der Waals surface area contributed by atoms with Gasteiger partial charge in [-0.2, -0.15) is 0 Å². The van der Waals surface area contributed by atoms with E-state index in [2.05, 4.69) is 35.8 Å². The van der Waals surface area contributed by atoms with E-state index in [0.29, 0.717) is 18.0 Å². The molecular weight excluding hydrogens is 234 g/mol. The van der Waals surface area contributed by atoms with E-state index in [0.717, 1.165) is 32.1 Å². The lowest BCUT2D eigenvalue weighted by Gasteiger charge is -2.45. The van der Waals surface area contributed by atoms with Crippen molar-refractivity contribution >= 4 is 11.9 Å². The van der Waals surface area contributed by atoms with Crippen LogP contribution in [0.2, 0.25) is 0 Å². The SMILES string of the molecule is NC1CCC2(CC1)N=CCC1c3ccccc3NC12. The van der Waals surface area contributed by atoms with Crippen LogP contribution in [0.5, 0.6) is 0 Å². The average Bonchev–Trinajstić information content (AvgIpc) is 2.83. The zero-order chi connectivity index (χ0) is 12.9. The summed E-state index contributed by atoms with van der Waals surface area (Å²) in [4.78, 5) is 4.94. The van der Waals surface area contributed by atoms with Crippen LogP contribution in [0.3, 0.4) is 0 Å². The zero-order valence-electron chi connectivity index (χ0n) is 11.2. The van der Waals surface area contributed by atoms with Crippen molar-refractivity contribution in [2.45, 2.75) is 55.6 Å². The third kappa shape index (κ3) is 1.64. The van der Waals surface area contributed by atoms with Gasteiger partial charge in [0.05, 0.1) is 11.6 Å². The van der Waals surface area contributed by atoms with Crippen molar-refractivity contribution < 1.29 is 0 Å². The van der Waals surface area contributed by atoms with Crippen LogP contribution in [0.1, 0.15) is 43.6 Å². The maximum absolute atomic E-state index is 6.07. The number of fused-ring (bicyclic) bond motifs is 4. The molecule has 19 heavy (non-hydrogen) atoms. The second kappa shape index (κ2) is 4.07. The summed E-state index contributed by atoms with van der Waals surface area (Å²) in [5, 5.41) is 3.76. The largest absolute Gasteiger partial charge is 0.379 e. The van der Waals surface area contributed by atoms with Gasteiger partial charge >= 0.3 is 0 Å². The number of nitrogens with zero attached hydrogens (tertiary/aromatic N) is 1. The maximum atomic E-state index is 6.07. The van der Waals surface area contributed by atoms with Gasteiger partial charge < -0.3 is 11.1 Å². The Morgan fingerprint density at radius 2 is 2.00 bits per heavy atom. The molecule has 1 saturated carbocycles. The number of nitrogens with one attached hydrogen (secondary N) is 1. The summed E-state index contributed by atoms with van der Waals surface area (Å²) < 4.78 is 0. The first-order valence-electron chi connectivity index (χ1n) is 7.43. The van der Waals surface area contributed by atoms with Crippen LogP contribution >= 0.6 is 0 Å². The lowest BCUT2D eigenvalue weighted by molar-refractivity contribution is 0.224. The number of hydrogen-bond donors (Lipinski definition) is 2. The summed E-state index contributed by atoms with van der Waals surface area (Å²) in [7, 11) is 0. The highest BCUT2D eigenvalue weighted by Gasteiger charge is 2.49. The molecule has 3 nitrogen and oxygen atoms in total. The van der Waals surface area contributed by atoms with E-state index in [9.17, 15) is 0 Å². The molecule has 2 atom stereocenters. The highest BCUT2D eigenvalue weighted by molar-refractivity contribution is 5.69. The number of nitrogens with two attached hydrogens (primary N) is 1. The summed E-state index contributed by atoms with van der Waals surface area (Å²) in [5.41, 5.74) is 8.97. The molecule has 1 aromatic rings. The van der Waals surface area contributed by atoms with E-state index in [1.807, 2.05) is 0 Å². The molecule has 0 bridgehead atoms. The Labute approximate surface area is 114 Å². The lowest BCUT2D eigenvalue weighted by Crippen LogP contribution is -2.52. The fraction of sp³-hybridized carbons (Fsp3) is 0.562. The first-order valence-corrected chi connectivity index (χ1v) is 7.43. The van der Waals surface area contributed by atoms with Gasteiger partial charge in [0.1, 0.15) is 0 Å². The van der Waals surface area contributed by atoms with Gasteiger partial charge in [0.25, 0.3) is 0 Å². The van der Waals surface area contributed by atoms with Crippen LogP contribution in [0.4, 0.5) is 5.69 Å². The number of rotatable bonds is 0. The first kappa shape index (κ1) is 11.5. The van der Waals surface area contributed by atoms with Crippen molar-refractivity contribution in [3.63, 3.8) is 0 Å². The number of para-hydroxylation sites is 1. The standard InChI is InChI=1S/C16H21N3/c17-11-5-8-16(9-6-11)15-13(7-10-18-16)12-3-1-2-4-14(12)19-15/h1-4,10-11,13,15,19H,5-9,17H2. The third-order valence-corrected chi connectivity index (χ3v) is 5.26. The Balaban J connectivity index is 1.70. The molecule has 2 unspecified atom stereocenters. The Morgan fingerprint density at radius 1 is 1.21 bits per heavy atom. The molecule has 1 aromatic carbocycles. The fourth-order valence-electron chi connectivity index (χ4n) is 4.18. The van der Waals surface area contributed by atoms with E-state index in [-0.39, 0.29) is 5.54 Å². The second-order valence-electron chi connectivity index (χ2n) is 6.30. The van der Waals surface area contributed by atoms with Crippen LogP contribution in [0.25, 0.3) is 0 Å². The van der Waals surface area contributed by atoms with Gasteiger partial charge in [-0.15, -0.1) is 0 Å². The van der Waals surface area contributed by atoms with Gasteiger partial charge in [-0.1, -0.05) is 18.2 Å². The fourth-order valence-corrected chi connectivity index (χ4v) is 4.18. The Bertz CT molecular complexity index is 514. The molecule has 1 aliphatic carbocycles. The molecule has 3 heteroatoms. The van der Waals surface area contributed by atoms with Crippen molar-refractivity contribution in [2.75, 3.05) is 5.32 Å². The predicted molar refractivity (Wildman–Crippen MR) is 78.9 cm³/mol. The van der Waals surface area contributed by atoms with Gasteiger partial charge in [-0.25, -0.2) is 0 Å². The molecule has 1 fully saturated rings. The highest BCUT2D eigenvalue weighted by atomic mass is 15.1. The monoisotopic (exact) mass is 255 g/mol. The van der Waals surface area contributed by atoms with Crippen molar-refractivity contribution in [3.8, 4) is 0 Å². The molecule has 0 aromatic heterocycles. The number of hydrogen-bond acceptors (Lipinski definition) is 3. The average molecular weight is 255 g/mol. The summed E-state index contributed by atoms with van der Waals surface area (Å²) >= 11 is 0. The van der Waals surface area contributed by atoms with Crippen LogP contribution in [-0.2, 0) is 0 Å². The number of benzene rings is 1. The van der Waals surface area contributed by atoms with Crippen molar-refractivity contribution in [1.82, 2.24) is 0 Å². The third-order valence-electron chi connectivity index (χ3n) is 5.26. The summed E-state index contributed by atoms with van der Waals surface area (Å²) in [6.07, 6.45) is 7.72. The van der Waals surface area contributed by atoms with Crippen LogP contribution < -0.4 is 11.1 Å². The molecular formula is C16H21N3. The normalized spacial score (nSPS) is 39.7. The van der Waals surface area contributed by atoms with Gasteiger partial charge in [0.2, 0.25) is 0 Å². The Kier molecular flexibility index (Phi) is 2.46. The topological polar surface area (TPSA) is 50.4 Å². The van der Waals surface area contributed by atoms with E-state index in [4.69, 9.17) is 10.7 Å². The molecule has 2 heterocycles. The zero-order valence-corrected chi connectivity index (χ0v) is 11.2. The molecule has 0 amide bonds. The molecule has 0 saturated heterocycles. The number of anilines is 1. The molecule has 0 radical (unpaired) electrons. The molecule has 4 rings (SSSR count). The quantitative estimate of drug-likeness (QED) is 0.749. The highest BCUT2D eigenvalue weighted by Crippen LogP contribution is 2.49. The van der Waals surface area contributed by atoms with E-state index in [1.54, 1.807) is 0 Å². The molecule has 3 aliphatic rings. The van der Waals surface area contributed by atoms with Crippen molar-refractivity contribution in [3.05, 3.63) is 29.8 Å². The maximum Gasteiger partial charge on any atom is 0.0811 e. The van der Waals surface area contributed by atoms with Crippen molar-refractivity contribution in [1.29, 1.82) is 0 Å². The second-order valence-corrected chi connectivity index (χ2v) is 6.30. The molecule has 100 valence electrons. The lowest BCUT2D eigenvalue weighted by atomic mass is 9.69. The summed E-state index contributed by atoms with van der Waals surface area (Å²) in [6.45, 7) is 0. The van der Waals surface area contributed by atoms with Gasteiger partial charge in [0, 0.05) is 23.9 Å². The van der Waals surface area contributed by atoms with E-state index >= 15 is 0 Å². The van der Waals surface area contributed by atoms with Crippen molar-refractivity contribution in [2.24, 2.45) is 10.7 Å². The number of aliphatic imine (C=N–C) groups is 1. The van der Waals surface area contributed by atoms with Gasteiger partial charge in [-0.05, 0) is 43.7 Å². The van der Waals surface area contributed by atoms with E-state index < -0.39 is 0 Å². The van der Waals surface area contributed by atoms with Crippen LogP contribution in [-0.4, -0.2) is 23.8 Å². The van der Waals surface area contributed by atoms with Crippen LogP contribution in [0, 0.1) is 0 Å².